The van der Waals surface area contributed by atoms with Gasteiger partial charge in [-0.3, -0.25) is 4.79 Å². The first-order valence-electron chi connectivity index (χ1n) is 8.28. The predicted molar refractivity (Wildman–Crippen MR) is 85.5 cm³/mol. The van der Waals surface area contributed by atoms with Crippen LogP contribution < -0.4 is 5.32 Å². The molecule has 1 aromatic heterocycles. The highest BCUT2D eigenvalue weighted by molar-refractivity contribution is 5.78. The van der Waals surface area contributed by atoms with Gasteiger partial charge in [0, 0.05) is 19.6 Å². The Hall–Kier alpha value is -1.47. The third-order valence-corrected chi connectivity index (χ3v) is 4.19. The Balaban J connectivity index is 1.86. The monoisotopic (exact) mass is 324 g/mol. The van der Waals surface area contributed by atoms with Crippen molar-refractivity contribution in [1.29, 1.82) is 0 Å². The maximum Gasteiger partial charge on any atom is 0.246 e. The van der Waals surface area contributed by atoms with E-state index in [-0.39, 0.29) is 17.9 Å². The molecule has 2 heterocycles. The molecular weight excluding hydrogens is 296 g/mol. The van der Waals surface area contributed by atoms with Crippen molar-refractivity contribution in [2.45, 2.75) is 40.3 Å². The molecule has 1 aromatic rings. The van der Waals surface area contributed by atoms with Gasteiger partial charge in [0.1, 0.15) is 6.10 Å². The lowest BCUT2D eigenvalue weighted by Crippen LogP contribution is -2.49. The van der Waals surface area contributed by atoms with Crippen LogP contribution in [-0.2, 0) is 16.1 Å². The van der Waals surface area contributed by atoms with E-state index in [9.17, 15) is 4.79 Å². The molecular formula is C16H28N4O3. The molecule has 1 saturated heterocycles. The van der Waals surface area contributed by atoms with Crippen molar-refractivity contribution in [3.8, 4) is 0 Å². The summed E-state index contributed by atoms with van der Waals surface area (Å²) in [6, 6.07) is 0. The summed E-state index contributed by atoms with van der Waals surface area (Å²) in [5.74, 6) is 1.97. The highest BCUT2D eigenvalue weighted by Crippen LogP contribution is 2.19. The number of hydrogen-bond acceptors (Lipinski definition) is 6. The third kappa shape index (κ3) is 4.75. The largest absolute Gasteiger partial charge is 0.370 e. The van der Waals surface area contributed by atoms with Crippen LogP contribution in [0.5, 0.6) is 0 Å². The number of hydrogen-bond donors (Lipinski definition) is 1. The van der Waals surface area contributed by atoms with Gasteiger partial charge >= 0.3 is 0 Å². The summed E-state index contributed by atoms with van der Waals surface area (Å²) in [6.07, 6.45) is -0.212. The molecule has 2 rings (SSSR count). The van der Waals surface area contributed by atoms with Crippen LogP contribution in [-0.4, -0.2) is 47.7 Å². The Bertz CT molecular complexity index is 513. The molecule has 0 saturated carbocycles. The number of nitrogens with one attached hydrogen (secondary N) is 1. The molecule has 1 aliphatic heterocycles. The van der Waals surface area contributed by atoms with E-state index in [1.54, 1.807) is 11.9 Å². The van der Waals surface area contributed by atoms with Crippen LogP contribution in [0.25, 0.3) is 0 Å². The summed E-state index contributed by atoms with van der Waals surface area (Å²) >= 11 is 0. The molecule has 2 atom stereocenters. The lowest BCUT2D eigenvalue weighted by atomic mass is 9.88. The average molecular weight is 324 g/mol. The maximum atomic E-state index is 12.4. The topological polar surface area (TPSA) is 80.5 Å². The fourth-order valence-corrected chi connectivity index (χ4v) is 2.40. The second kappa shape index (κ2) is 7.88. The third-order valence-electron chi connectivity index (χ3n) is 4.19. The summed E-state index contributed by atoms with van der Waals surface area (Å²) in [7, 11) is 1.77. The maximum absolute atomic E-state index is 12.4. The van der Waals surface area contributed by atoms with Crippen LogP contribution in [0, 0.1) is 17.8 Å². The van der Waals surface area contributed by atoms with E-state index in [2.05, 4.69) is 29.3 Å². The van der Waals surface area contributed by atoms with Gasteiger partial charge in [0.25, 0.3) is 0 Å². The number of aromatic nitrogens is 2. The Labute approximate surface area is 137 Å². The van der Waals surface area contributed by atoms with E-state index in [1.807, 2.05) is 13.8 Å². The fourth-order valence-electron chi connectivity index (χ4n) is 2.40. The molecule has 2 unspecified atom stereocenters. The smallest absolute Gasteiger partial charge is 0.246 e. The Morgan fingerprint density at radius 2 is 2.09 bits per heavy atom. The Morgan fingerprint density at radius 1 is 1.39 bits per heavy atom. The highest BCUT2D eigenvalue weighted by Gasteiger charge is 2.31. The van der Waals surface area contributed by atoms with Gasteiger partial charge in [-0.1, -0.05) is 25.9 Å². The molecule has 23 heavy (non-hydrogen) atoms. The molecule has 1 fully saturated rings. The summed E-state index contributed by atoms with van der Waals surface area (Å²) in [6.45, 7) is 10.9. The first kappa shape index (κ1) is 17.9. The minimum Gasteiger partial charge on any atom is -0.370 e. The molecule has 0 bridgehead atoms. The molecule has 0 aliphatic carbocycles. The lowest BCUT2D eigenvalue weighted by molar-refractivity contribution is -0.136. The highest BCUT2D eigenvalue weighted by atomic mass is 16.5. The first-order valence-corrected chi connectivity index (χ1v) is 8.28. The van der Waals surface area contributed by atoms with E-state index in [4.69, 9.17) is 9.26 Å². The van der Waals surface area contributed by atoms with Crippen LogP contribution in [0.2, 0.25) is 0 Å². The predicted octanol–water partition coefficient (Wildman–Crippen LogP) is 1.62. The Kier molecular flexibility index (Phi) is 6.12. The zero-order valence-electron chi connectivity index (χ0n) is 14.7. The van der Waals surface area contributed by atoms with Gasteiger partial charge in [-0.05, 0) is 31.8 Å². The van der Waals surface area contributed by atoms with Crippen LogP contribution in [0.1, 0.15) is 45.5 Å². The van der Waals surface area contributed by atoms with Crippen LogP contribution >= 0.6 is 0 Å². The lowest BCUT2D eigenvalue weighted by Gasteiger charge is -2.33. The van der Waals surface area contributed by atoms with E-state index in [0.717, 1.165) is 13.1 Å². The number of carbonyl (C=O) groups excluding carboxylic acids is 1. The van der Waals surface area contributed by atoms with Crippen molar-refractivity contribution in [1.82, 2.24) is 20.4 Å². The van der Waals surface area contributed by atoms with Crippen LogP contribution in [0.3, 0.4) is 0 Å². The molecule has 0 spiro atoms. The standard InChI is InChI=1S/C16H28N4O3/c1-10(2)9-22-12(4)15-18-14(23-19-15)8-20(5)16(21)11(3)13-6-17-7-13/h10-13,17H,6-9H2,1-5H3. The molecule has 7 heteroatoms. The second-order valence-electron chi connectivity index (χ2n) is 6.82. The van der Waals surface area contributed by atoms with Crippen molar-refractivity contribution >= 4 is 5.91 Å². The first-order chi connectivity index (χ1) is 10.9. The van der Waals surface area contributed by atoms with E-state index in [0.29, 0.717) is 36.7 Å². The van der Waals surface area contributed by atoms with Gasteiger partial charge in [0.2, 0.25) is 11.8 Å². The fraction of sp³-hybridized carbons (Fsp3) is 0.812. The average Bonchev–Trinajstić information content (AvgIpc) is 2.90. The summed E-state index contributed by atoms with van der Waals surface area (Å²) in [5, 5.41) is 7.15. The molecule has 1 N–H and O–H groups in total. The molecule has 1 amide bonds. The number of ether oxygens (including phenoxy) is 1. The van der Waals surface area contributed by atoms with Gasteiger partial charge in [0.15, 0.2) is 5.82 Å². The van der Waals surface area contributed by atoms with Crippen LogP contribution in [0.15, 0.2) is 4.52 Å². The van der Waals surface area contributed by atoms with Crippen molar-refractivity contribution in [3.05, 3.63) is 11.7 Å². The Morgan fingerprint density at radius 3 is 2.65 bits per heavy atom. The zero-order chi connectivity index (χ0) is 17.0. The molecule has 130 valence electrons. The van der Waals surface area contributed by atoms with Crippen LogP contribution in [0.4, 0.5) is 0 Å². The second-order valence-corrected chi connectivity index (χ2v) is 6.82. The normalized spacial score (nSPS) is 17.8. The molecule has 7 nitrogen and oxygen atoms in total. The minimum absolute atomic E-state index is 0.0111. The quantitative estimate of drug-likeness (QED) is 0.782. The number of rotatable bonds is 8. The zero-order valence-corrected chi connectivity index (χ0v) is 14.7. The van der Waals surface area contributed by atoms with Crippen molar-refractivity contribution < 1.29 is 14.1 Å². The van der Waals surface area contributed by atoms with Gasteiger partial charge < -0.3 is 19.5 Å². The van der Waals surface area contributed by atoms with Gasteiger partial charge in [0.05, 0.1) is 6.54 Å². The molecule has 0 radical (unpaired) electrons. The number of carbonyl (C=O) groups is 1. The van der Waals surface area contributed by atoms with Gasteiger partial charge in [-0.25, -0.2) is 0 Å². The van der Waals surface area contributed by atoms with E-state index < -0.39 is 0 Å². The number of amides is 1. The van der Waals surface area contributed by atoms with E-state index >= 15 is 0 Å². The number of nitrogens with zero attached hydrogens (tertiary/aromatic N) is 3. The van der Waals surface area contributed by atoms with Gasteiger partial charge in [-0.2, -0.15) is 4.98 Å². The molecule has 0 aromatic carbocycles. The van der Waals surface area contributed by atoms with Crippen molar-refractivity contribution in [3.63, 3.8) is 0 Å². The summed E-state index contributed by atoms with van der Waals surface area (Å²) < 4.78 is 10.9. The SMILES string of the molecule is CC(C)COC(C)c1noc(CN(C)C(=O)C(C)C2CNC2)n1. The summed E-state index contributed by atoms with van der Waals surface area (Å²) in [4.78, 5) is 18.4. The summed E-state index contributed by atoms with van der Waals surface area (Å²) in [5.41, 5.74) is 0. The van der Waals surface area contributed by atoms with E-state index in [1.165, 1.54) is 0 Å². The van der Waals surface area contributed by atoms with Crippen molar-refractivity contribution in [2.24, 2.45) is 17.8 Å². The molecule has 1 aliphatic rings. The minimum atomic E-state index is -0.212. The van der Waals surface area contributed by atoms with Gasteiger partial charge in [-0.15, -0.1) is 0 Å². The van der Waals surface area contributed by atoms with Crippen molar-refractivity contribution in [2.75, 3.05) is 26.7 Å².